The third kappa shape index (κ3) is 3.62. The smallest absolute Gasteiger partial charge is 0.0955 e. The molecule has 23 heavy (non-hydrogen) atoms. The Hall–Kier alpha value is -2.13. The molecule has 0 unspecified atom stereocenters. The number of aryl methyl sites for hydroxylation is 1. The predicted octanol–water partition coefficient (Wildman–Crippen LogP) is 4.47. The van der Waals surface area contributed by atoms with Gasteiger partial charge in [-0.1, -0.05) is 37.6 Å². The van der Waals surface area contributed by atoms with Crippen molar-refractivity contribution >= 4 is 11.0 Å². The molecule has 2 aromatic carbocycles. The number of hydrogen-bond donors (Lipinski definition) is 0. The van der Waals surface area contributed by atoms with Crippen LogP contribution < -0.4 is 0 Å². The standard InChI is InChI=1S/C20H25N3/c1-4-5-11-22(2)14-16-7-6-8-17(12-16)18-9-10-19-20(13-18)23(3)15-21-19/h6-10,12-13,15H,4-5,11,14H2,1-3H3. The number of nitrogens with zero attached hydrogens (tertiary/aromatic N) is 3. The van der Waals surface area contributed by atoms with Crippen molar-refractivity contribution in [1.29, 1.82) is 0 Å². The lowest BCUT2D eigenvalue weighted by Gasteiger charge is -2.16. The van der Waals surface area contributed by atoms with E-state index in [0.29, 0.717) is 0 Å². The van der Waals surface area contributed by atoms with Gasteiger partial charge in [0.15, 0.2) is 0 Å². The van der Waals surface area contributed by atoms with E-state index in [2.05, 4.69) is 70.9 Å². The Balaban J connectivity index is 1.84. The van der Waals surface area contributed by atoms with Gasteiger partial charge in [0.2, 0.25) is 0 Å². The summed E-state index contributed by atoms with van der Waals surface area (Å²) in [6, 6.07) is 15.4. The van der Waals surface area contributed by atoms with Gasteiger partial charge in [-0.25, -0.2) is 4.98 Å². The summed E-state index contributed by atoms with van der Waals surface area (Å²) in [6.07, 6.45) is 4.37. The maximum absolute atomic E-state index is 4.39. The highest BCUT2D eigenvalue weighted by molar-refractivity contribution is 5.82. The molecular weight excluding hydrogens is 282 g/mol. The van der Waals surface area contributed by atoms with E-state index < -0.39 is 0 Å². The molecule has 0 N–H and O–H groups in total. The first-order valence-corrected chi connectivity index (χ1v) is 8.36. The molecule has 3 nitrogen and oxygen atoms in total. The summed E-state index contributed by atoms with van der Waals surface area (Å²) in [6.45, 7) is 4.40. The van der Waals surface area contributed by atoms with Crippen LogP contribution in [-0.2, 0) is 13.6 Å². The average molecular weight is 307 g/mol. The second-order valence-electron chi connectivity index (χ2n) is 6.35. The van der Waals surface area contributed by atoms with Crippen molar-refractivity contribution < 1.29 is 0 Å². The van der Waals surface area contributed by atoms with Gasteiger partial charge < -0.3 is 9.47 Å². The molecule has 0 saturated carbocycles. The minimum absolute atomic E-state index is 1.00. The van der Waals surface area contributed by atoms with Gasteiger partial charge in [-0.15, -0.1) is 0 Å². The molecule has 0 bridgehead atoms. The molecular formula is C20H25N3. The highest BCUT2D eigenvalue weighted by Crippen LogP contribution is 2.24. The Morgan fingerprint density at radius 1 is 1.09 bits per heavy atom. The predicted molar refractivity (Wildman–Crippen MR) is 97.4 cm³/mol. The molecule has 0 amide bonds. The summed E-state index contributed by atoms with van der Waals surface area (Å²) in [5, 5.41) is 0. The van der Waals surface area contributed by atoms with Gasteiger partial charge in [0.05, 0.1) is 17.4 Å². The van der Waals surface area contributed by atoms with Gasteiger partial charge >= 0.3 is 0 Å². The van der Waals surface area contributed by atoms with Crippen molar-refractivity contribution in [3.05, 3.63) is 54.4 Å². The molecule has 3 heteroatoms. The Morgan fingerprint density at radius 3 is 2.74 bits per heavy atom. The van der Waals surface area contributed by atoms with Crippen molar-refractivity contribution in [1.82, 2.24) is 14.5 Å². The summed E-state index contributed by atoms with van der Waals surface area (Å²) in [5.41, 5.74) is 6.11. The number of unbranched alkanes of at least 4 members (excludes halogenated alkanes) is 1. The summed E-state index contributed by atoms with van der Waals surface area (Å²) < 4.78 is 2.07. The normalized spacial score (nSPS) is 11.5. The van der Waals surface area contributed by atoms with Gasteiger partial charge in [0.1, 0.15) is 0 Å². The van der Waals surface area contributed by atoms with Gasteiger partial charge in [-0.3, -0.25) is 0 Å². The van der Waals surface area contributed by atoms with Crippen LogP contribution in [0.1, 0.15) is 25.3 Å². The SMILES string of the molecule is CCCCN(C)Cc1cccc(-c2ccc3ncn(C)c3c2)c1. The average Bonchev–Trinajstić information content (AvgIpc) is 2.94. The highest BCUT2D eigenvalue weighted by Gasteiger charge is 2.05. The highest BCUT2D eigenvalue weighted by atomic mass is 15.1. The minimum atomic E-state index is 1.00. The number of aromatic nitrogens is 2. The number of hydrogen-bond acceptors (Lipinski definition) is 2. The first-order chi connectivity index (χ1) is 11.2. The largest absolute Gasteiger partial charge is 0.334 e. The Labute approximate surface area is 138 Å². The van der Waals surface area contributed by atoms with Crippen LogP contribution in [0.2, 0.25) is 0 Å². The van der Waals surface area contributed by atoms with E-state index in [1.54, 1.807) is 0 Å². The monoisotopic (exact) mass is 307 g/mol. The Morgan fingerprint density at radius 2 is 1.91 bits per heavy atom. The number of fused-ring (bicyclic) bond motifs is 1. The second-order valence-corrected chi connectivity index (χ2v) is 6.35. The van der Waals surface area contributed by atoms with Crippen LogP contribution >= 0.6 is 0 Å². The molecule has 120 valence electrons. The van der Waals surface area contributed by atoms with E-state index in [-0.39, 0.29) is 0 Å². The fraction of sp³-hybridized carbons (Fsp3) is 0.350. The molecule has 0 saturated heterocycles. The first kappa shape index (κ1) is 15.8. The van der Waals surface area contributed by atoms with E-state index in [1.807, 2.05) is 13.4 Å². The van der Waals surface area contributed by atoms with Crippen molar-refractivity contribution in [3.63, 3.8) is 0 Å². The van der Waals surface area contributed by atoms with Gasteiger partial charge in [-0.05, 0) is 54.9 Å². The van der Waals surface area contributed by atoms with Gasteiger partial charge in [0, 0.05) is 13.6 Å². The van der Waals surface area contributed by atoms with Crippen LogP contribution in [-0.4, -0.2) is 28.0 Å². The molecule has 0 spiro atoms. The lowest BCUT2D eigenvalue weighted by Crippen LogP contribution is -2.18. The zero-order valence-corrected chi connectivity index (χ0v) is 14.3. The van der Waals surface area contributed by atoms with Crippen LogP contribution in [0.15, 0.2) is 48.8 Å². The fourth-order valence-electron chi connectivity index (χ4n) is 2.97. The molecule has 0 fully saturated rings. The first-order valence-electron chi connectivity index (χ1n) is 8.36. The van der Waals surface area contributed by atoms with E-state index in [1.165, 1.54) is 35.0 Å². The zero-order valence-electron chi connectivity index (χ0n) is 14.3. The number of benzene rings is 2. The van der Waals surface area contributed by atoms with Crippen molar-refractivity contribution in [3.8, 4) is 11.1 Å². The second kappa shape index (κ2) is 6.97. The minimum Gasteiger partial charge on any atom is -0.334 e. The lowest BCUT2D eigenvalue weighted by molar-refractivity contribution is 0.321. The molecule has 1 aromatic heterocycles. The summed E-state index contributed by atoms with van der Waals surface area (Å²) in [7, 11) is 4.24. The molecule has 0 radical (unpaired) electrons. The van der Waals surface area contributed by atoms with Crippen molar-refractivity contribution in [2.75, 3.05) is 13.6 Å². The molecule has 0 aliphatic rings. The van der Waals surface area contributed by atoms with Gasteiger partial charge in [-0.2, -0.15) is 0 Å². The lowest BCUT2D eigenvalue weighted by atomic mass is 10.0. The molecule has 3 aromatic rings. The van der Waals surface area contributed by atoms with Gasteiger partial charge in [0.25, 0.3) is 0 Å². The fourth-order valence-corrected chi connectivity index (χ4v) is 2.97. The third-order valence-electron chi connectivity index (χ3n) is 4.33. The number of rotatable bonds is 6. The maximum atomic E-state index is 4.39. The zero-order chi connectivity index (χ0) is 16.2. The molecule has 3 rings (SSSR count). The Bertz CT molecular complexity index is 788. The van der Waals surface area contributed by atoms with Crippen LogP contribution in [0.5, 0.6) is 0 Å². The quantitative estimate of drug-likeness (QED) is 0.670. The molecule has 0 atom stereocenters. The Kier molecular flexibility index (Phi) is 4.77. The third-order valence-corrected chi connectivity index (χ3v) is 4.33. The maximum Gasteiger partial charge on any atom is 0.0955 e. The molecule has 1 heterocycles. The molecule has 0 aliphatic carbocycles. The van der Waals surface area contributed by atoms with Crippen LogP contribution in [0.3, 0.4) is 0 Å². The van der Waals surface area contributed by atoms with E-state index >= 15 is 0 Å². The van der Waals surface area contributed by atoms with Crippen LogP contribution in [0, 0.1) is 0 Å². The number of imidazole rings is 1. The summed E-state index contributed by atoms with van der Waals surface area (Å²) in [5.74, 6) is 0. The van der Waals surface area contributed by atoms with Crippen molar-refractivity contribution in [2.24, 2.45) is 7.05 Å². The van der Waals surface area contributed by atoms with E-state index in [4.69, 9.17) is 0 Å². The summed E-state index contributed by atoms with van der Waals surface area (Å²) >= 11 is 0. The van der Waals surface area contributed by atoms with Crippen LogP contribution in [0.4, 0.5) is 0 Å². The summed E-state index contributed by atoms with van der Waals surface area (Å²) in [4.78, 5) is 6.79. The van der Waals surface area contributed by atoms with E-state index in [0.717, 1.165) is 18.6 Å². The van der Waals surface area contributed by atoms with Crippen molar-refractivity contribution in [2.45, 2.75) is 26.3 Å². The molecule has 0 aliphatic heterocycles. The van der Waals surface area contributed by atoms with Crippen LogP contribution in [0.25, 0.3) is 22.2 Å². The van der Waals surface area contributed by atoms with E-state index in [9.17, 15) is 0 Å². The topological polar surface area (TPSA) is 21.1 Å².